The topological polar surface area (TPSA) is 64.4 Å². The summed E-state index contributed by atoms with van der Waals surface area (Å²) in [4.78, 5) is 10.3. The van der Waals surface area contributed by atoms with Crippen molar-refractivity contribution < 1.29 is 9.66 Å². The summed E-state index contributed by atoms with van der Waals surface area (Å²) in [5, 5.41) is 14.0. The number of halogens is 1. The normalized spacial score (nSPS) is 10.5. The third-order valence-corrected chi connectivity index (χ3v) is 3.76. The summed E-state index contributed by atoms with van der Waals surface area (Å²) in [5.41, 5.74) is 1.05. The van der Waals surface area contributed by atoms with Gasteiger partial charge in [0.05, 0.1) is 11.5 Å². The van der Waals surface area contributed by atoms with E-state index in [1.54, 1.807) is 12.1 Å². The van der Waals surface area contributed by atoms with E-state index in [0.29, 0.717) is 13.2 Å². The minimum Gasteiger partial charge on any atom is -0.494 e. The highest BCUT2D eigenvalue weighted by Crippen LogP contribution is 2.18. The lowest BCUT2D eigenvalue weighted by Crippen LogP contribution is -2.15. The van der Waals surface area contributed by atoms with Crippen molar-refractivity contribution in [3.8, 4) is 5.75 Å². The molecule has 0 saturated carbocycles. The van der Waals surface area contributed by atoms with Gasteiger partial charge in [-0.1, -0.05) is 34.1 Å². The maximum atomic E-state index is 10.7. The molecule has 6 heteroatoms. The number of hydrogen-bond donors (Lipinski definition) is 1. The summed E-state index contributed by atoms with van der Waals surface area (Å²) in [6.07, 6.45) is 1.94. The second-order valence-corrected chi connectivity index (χ2v) is 6.03. The van der Waals surface area contributed by atoms with Gasteiger partial charge in [-0.05, 0) is 43.1 Å². The second-order valence-electron chi connectivity index (χ2n) is 5.12. The van der Waals surface area contributed by atoms with Gasteiger partial charge < -0.3 is 10.1 Å². The van der Waals surface area contributed by atoms with Crippen LogP contribution in [0.3, 0.4) is 0 Å². The molecule has 0 aliphatic carbocycles. The van der Waals surface area contributed by atoms with Crippen LogP contribution in [0.5, 0.6) is 5.75 Å². The molecule has 2 rings (SSSR count). The summed E-state index contributed by atoms with van der Waals surface area (Å²) >= 11 is 3.41. The van der Waals surface area contributed by atoms with Crippen LogP contribution in [0, 0.1) is 10.1 Å². The van der Waals surface area contributed by atoms with Crippen molar-refractivity contribution in [2.24, 2.45) is 0 Å². The van der Waals surface area contributed by atoms with E-state index in [2.05, 4.69) is 21.2 Å². The summed E-state index contributed by atoms with van der Waals surface area (Å²) in [6.45, 7) is 2.16. The molecule has 0 aliphatic heterocycles. The molecule has 0 spiro atoms. The molecule has 0 unspecified atom stereocenters. The molecule has 0 radical (unpaired) electrons. The number of nitro groups is 1. The number of nitro benzene ring substituents is 1. The first-order chi connectivity index (χ1) is 11.1. The van der Waals surface area contributed by atoms with Gasteiger partial charge in [0.15, 0.2) is 0 Å². The molecule has 0 heterocycles. The molecular weight excluding hydrogens is 360 g/mol. The van der Waals surface area contributed by atoms with Gasteiger partial charge in [-0.2, -0.15) is 0 Å². The van der Waals surface area contributed by atoms with E-state index >= 15 is 0 Å². The highest BCUT2D eigenvalue weighted by Gasteiger charge is 2.04. The molecule has 5 nitrogen and oxygen atoms in total. The first kappa shape index (κ1) is 17.4. The minimum absolute atomic E-state index is 0.131. The van der Waals surface area contributed by atoms with Crippen LogP contribution in [0.4, 0.5) is 5.69 Å². The Morgan fingerprint density at radius 1 is 1.13 bits per heavy atom. The van der Waals surface area contributed by atoms with Crippen molar-refractivity contribution in [3.63, 3.8) is 0 Å². The fourth-order valence-electron chi connectivity index (χ4n) is 2.11. The smallest absolute Gasteiger partial charge is 0.269 e. The van der Waals surface area contributed by atoms with E-state index < -0.39 is 0 Å². The largest absolute Gasteiger partial charge is 0.494 e. The van der Waals surface area contributed by atoms with Crippen LogP contribution in [-0.2, 0) is 6.54 Å². The highest BCUT2D eigenvalue weighted by molar-refractivity contribution is 9.10. The van der Waals surface area contributed by atoms with Crippen LogP contribution in [0.25, 0.3) is 0 Å². The third-order valence-electron chi connectivity index (χ3n) is 3.26. The number of benzene rings is 2. The van der Waals surface area contributed by atoms with Crippen molar-refractivity contribution in [2.75, 3.05) is 13.2 Å². The Kier molecular flexibility index (Phi) is 7.03. The molecule has 122 valence electrons. The van der Waals surface area contributed by atoms with Gasteiger partial charge >= 0.3 is 0 Å². The molecule has 2 aromatic rings. The Bertz CT molecular complexity index is 649. The summed E-state index contributed by atoms with van der Waals surface area (Å²) in [6, 6.07) is 14.5. The predicted octanol–water partition coefficient (Wildman–Crippen LogP) is 4.31. The molecule has 23 heavy (non-hydrogen) atoms. The van der Waals surface area contributed by atoms with E-state index in [4.69, 9.17) is 4.74 Å². The molecule has 0 atom stereocenters. The average Bonchev–Trinajstić information content (AvgIpc) is 2.54. The number of ether oxygens (including phenoxy) is 1. The fraction of sp³-hybridized carbons (Fsp3) is 0.294. The lowest BCUT2D eigenvalue weighted by molar-refractivity contribution is -0.384. The maximum Gasteiger partial charge on any atom is 0.269 e. The Labute approximate surface area is 143 Å². The molecular formula is C17H19BrN2O3. The standard InChI is InChI=1S/C17H19BrN2O3/c18-15-6-4-8-17(12-15)23-10-2-1-9-19-13-14-5-3-7-16(11-14)20(21)22/h3-8,11-12,19H,1-2,9-10,13H2. The van der Waals surface area contributed by atoms with Gasteiger partial charge in [0.1, 0.15) is 5.75 Å². The third kappa shape index (κ3) is 6.38. The van der Waals surface area contributed by atoms with Crippen LogP contribution in [0.1, 0.15) is 18.4 Å². The number of non-ortho nitro benzene ring substituents is 1. The van der Waals surface area contributed by atoms with Crippen LogP contribution < -0.4 is 10.1 Å². The van der Waals surface area contributed by atoms with Crippen LogP contribution in [-0.4, -0.2) is 18.1 Å². The van der Waals surface area contributed by atoms with Gasteiger partial charge in [-0.25, -0.2) is 0 Å². The number of unbranched alkanes of at least 4 members (excludes halogenated alkanes) is 1. The number of hydrogen-bond acceptors (Lipinski definition) is 4. The molecule has 2 aromatic carbocycles. The molecule has 0 aromatic heterocycles. The highest BCUT2D eigenvalue weighted by atomic mass is 79.9. The Morgan fingerprint density at radius 3 is 2.74 bits per heavy atom. The lowest BCUT2D eigenvalue weighted by atomic mass is 10.2. The van der Waals surface area contributed by atoms with E-state index in [1.165, 1.54) is 6.07 Å². The Balaban J connectivity index is 1.59. The predicted molar refractivity (Wildman–Crippen MR) is 93.7 cm³/mol. The molecule has 0 saturated heterocycles. The summed E-state index contributed by atoms with van der Waals surface area (Å²) < 4.78 is 6.67. The van der Waals surface area contributed by atoms with Crippen LogP contribution in [0.2, 0.25) is 0 Å². The van der Waals surface area contributed by atoms with Gasteiger partial charge in [0, 0.05) is 23.2 Å². The van der Waals surface area contributed by atoms with Crippen molar-refractivity contribution in [1.29, 1.82) is 0 Å². The van der Waals surface area contributed by atoms with Crippen molar-refractivity contribution in [1.82, 2.24) is 5.32 Å². The van der Waals surface area contributed by atoms with E-state index in [1.807, 2.05) is 30.3 Å². The molecule has 0 fully saturated rings. The van der Waals surface area contributed by atoms with Crippen molar-refractivity contribution >= 4 is 21.6 Å². The zero-order valence-corrected chi connectivity index (χ0v) is 14.3. The van der Waals surface area contributed by atoms with Crippen molar-refractivity contribution in [2.45, 2.75) is 19.4 Å². The van der Waals surface area contributed by atoms with Crippen molar-refractivity contribution in [3.05, 3.63) is 68.7 Å². The van der Waals surface area contributed by atoms with Gasteiger partial charge in [-0.15, -0.1) is 0 Å². The SMILES string of the molecule is O=[N+]([O-])c1cccc(CNCCCCOc2cccc(Br)c2)c1. The van der Waals surface area contributed by atoms with Gasteiger partial charge in [-0.3, -0.25) is 10.1 Å². The molecule has 1 N–H and O–H groups in total. The van der Waals surface area contributed by atoms with Crippen LogP contribution in [0.15, 0.2) is 53.0 Å². The van der Waals surface area contributed by atoms with Gasteiger partial charge in [0.25, 0.3) is 5.69 Å². The first-order valence-electron chi connectivity index (χ1n) is 7.47. The van der Waals surface area contributed by atoms with Crippen LogP contribution >= 0.6 is 15.9 Å². The quantitative estimate of drug-likeness (QED) is 0.401. The zero-order chi connectivity index (χ0) is 16.5. The second kappa shape index (κ2) is 9.27. The number of nitrogens with one attached hydrogen (secondary N) is 1. The molecule has 0 amide bonds. The maximum absolute atomic E-state index is 10.7. The monoisotopic (exact) mass is 378 g/mol. The Hall–Kier alpha value is -1.92. The summed E-state index contributed by atoms with van der Waals surface area (Å²) in [7, 11) is 0. The minimum atomic E-state index is -0.372. The van der Waals surface area contributed by atoms with E-state index in [-0.39, 0.29) is 10.6 Å². The lowest BCUT2D eigenvalue weighted by Gasteiger charge is -2.07. The van der Waals surface area contributed by atoms with Gasteiger partial charge in [0.2, 0.25) is 0 Å². The molecule has 0 bridgehead atoms. The average molecular weight is 379 g/mol. The van der Waals surface area contributed by atoms with E-state index in [0.717, 1.165) is 35.2 Å². The van der Waals surface area contributed by atoms with E-state index in [9.17, 15) is 10.1 Å². The summed E-state index contributed by atoms with van der Waals surface area (Å²) in [5.74, 6) is 0.865. The Morgan fingerprint density at radius 2 is 1.96 bits per heavy atom. The number of rotatable bonds is 9. The zero-order valence-electron chi connectivity index (χ0n) is 12.7. The first-order valence-corrected chi connectivity index (χ1v) is 8.27. The number of nitrogens with zero attached hydrogens (tertiary/aromatic N) is 1. The molecule has 0 aliphatic rings. The fourth-order valence-corrected chi connectivity index (χ4v) is 2.49.